The first-order chi connectivity index (χ1) is 19.5. The molecule has 2 N–H and O–H groups in total. The second-order valence-electron chi connectivity index (χ2n) is 10.2. The maximum atomic E-state index is 13.2. The van der Waals surface area contributed by atoms with Gasteiger partial charge >= 0.3 is 5.97 Å². The monoisotopic (exact) mass is 544 g/mol. The van der Waals surface area contributed by atoms with Crippen molar-refractivity contribution in [3.8, 4) is 0 Å². The number of ether oxygens (including phenoxy) is 2. The van der Waals surface area contributed by atoms with E-state index in [-0.39, 0.29) is 17.9 Å². The molecule has 4 heterocycles. The van der Waals surface area contributed by atoms with Gasteiger partial charge in [0.2, 0.25) is 5.91 Å². The molecule has 0 spiro atoms. The number of nitrogens with zero attached hydrogens (tertiary/aromatic N) is 4. The van der Waals surface area contributed by atoms with Crippen molar-refractivity contribution in [1.82, 2.24) is 19.3 Å². The van der Waals surface area contributed by atoms with Gasteiger partial charge in [0.15, 0.2) is 5.69 Å². The van der Waals surface area contributed by atoms with Gasteiger partial charge in [0.05, 0.1) is 37.2 Å². The number of aryl methyl sites for hydroxylation is 3. The molecule has 1 aliphatic heterocycles. The Labute approximate surface area is 233 Å². The molecule has 210 valence electrons. The lowest BCUT2D eigenvalue weighted by Gasteiger charge is -2.15. The normalized spacial score (nSPS) is 15.7. The number of benzene rings is 1. The molecular formula is C30H36N6O4. The molecule has 10 nitrogen and oxygen atoms in total. The summed E-state index contributed by atoms with van der Waals surface area (Å²) in [5, 5.41) is 11.5. The Morgan fingerprint density at radius 2 is 2.05 bits per heavy atom. The number of rotatable bonds is 12. The van der Waals surface area contributed by atoms with Crippen LogP contribution in [0.15, 0.2) is 61.1 Å². The quantitative estimate of drug-likeness (QED) is 0.252. The molecule has 1 aromatic carbocycles. The molecule has 1 fully saturated rings. The molecule has 0 saturated carbocycles. The summed E-state index contributed by atoms with van der Waals surface area (Å²) in [5.41, 5.74) is 3.38. The van der Waals surface area contributed by atoms with Gasteiger partial charge in [-0.3, -0.25) is 9.48 Å². The molecule has 40 heavy (non-hydrogen) atoms. The second-order valence-corrected chi connectivity index (χ2v) is 10.2. The molecule has 5 rings (SSSR count). The first-order valence-electron chi connectivity index (χ1n) is 13.8. The highest BCUT2D eigenvalue weighted by molar-refractivity contribution is 6.11. The van der Waals surface area contributed by atoms with E-state index in [2.05, 4.69) is 34.8 Å². The number of nitrogens with one attached hydrogen (secondary N) is 2. The molecule has 1 aliphatic rings. The first kappa shape index (κ1) is 27.4. The smallest absolute Gasteiger partial charge is 0.356 e. The van der Waals surface area contributed by atoms with Crippen molar-refractivity contribution < 1.29 is 19.1 Å². The third-order valence-corrected chi connectivity index (χ3v) is 7.28. The van der Waals surface area contributed by atoms with Crippen molar-refractivity contribution >= 4 is 34.3 Å². The summed E-state index contributed by atoms with van der Waals surface area (Å²) in [6, 6.07) is 14.2. The molecule has 0 aliphatic carbocycles. The predicted molar refractivity (Wildman–Crippen MR) is 153 cm³/mol. The van der Waals surface area contributed by atoms with E-state index >= 15 is 0 Å². The number of esters is 1. The minimum absolute atomic E-state index is 0.144. The largest absolute Gasteiger partial charge is 0.464 e. The SMILES string of the molecule is COC(=O)c1c(NC(=O)[C@@H]2CCOC2)c2cc(N[C@H](C)CCn3cccn3)cnc2n1CCCc1ccccc1. The molecular weight excluding hydrogens is 508 g/mol. The van der Waals surface area contributed by atoms with E-state index in [0.29, 0.717) is 48.6 Å². The lowest BCUT2D eigenvalue weighted by Crippen LogP contribution is -2.24. The molecule has 3 aromatic heterocycles. The molecule has 0 radical (unpaired) electrons. The Bertz CT molecular complexity index is 1430. The average Bonchev–Trinajstić information content (AvgIpc) is 3.74. The van der Waals surface area contributed by atoms with Gasteiger partial charge in [-0.1, -0.05) is 30.3 Å². The number of pyridine rings is 1. The summed E-state index contributed by atoms with van der Waals surface area (Å²) in [5.74, 6) is -0.951. The topological polar surface area (TPSA) is 112 Å². The van der Waals surface area contributed by atoms with Crippen LogP contribution in [0.3, 0.4) is 0 Å². The van der Waals surface area contributed by atoms with Crippen LogP contribution < -0.4 is 10.6 Å². The van der Waals surface area contributed by atoms with E-state index in [9.17, 15) is 9.59 Å². The van der Waals surface area contributed by atoms with E-state index in [4.69, 9.17) is 14.5 Å². The Morgan fingerprint density at radius 1 is 1.20 bits per heavy atom. The van der Waals surface area contributed by atoms with Crippen molar-refractivity contribution in [2.24, 2.45) is 5.92 Å². The fraction of sp³-hybridized carbons (Fsp3) is 0.400. The van der Waals surface area contributed by atoms with Gasteiger partial charge in [-0.15, -0.1) is 0 Å². The van der Waals surface area contributed by atoms with Gasteiger partial charge in [-0.2, -0.15) is 5.10 Å². The number of hydrogen-bond acceptors (Lipinski definition) is 7. The Morgan fingerprint density at radius 3 is 2.77 bits per heavy atom. The van der Waals surface area contributed by atoms with Gasteiger partial charge in [-0.05, 0) is 50.3 Å². The van der Waals surface area contributed by atoms with Crippen LogP contribution in [-0.4, -0.2) is 57.6 Å². The van der Waals surface area contributed by atoms with Gasteiger partial charge < -0.3 is 24.7 Å². The summed E-state index contributed by atoms with van der Waals surface area (Å²) in [4.78, 5) is 31.1. The molecule has 0 bridgehead atoms. The summed E-state index contributed by atoms with van der Waals surface area (Å²) in [7, 11) is 1.35. The van der Waals surface area contributed by atoms with Gasteiger partial charge in [0.25, 0.3) is 0 Å². The van der Waals surface area contributed by atoms with Crippen molar-refractivity contribution in [2.45, 2.75) is 51.7 Å². The summed E-state index contributed by atoms with van der Waals surface area (Å²) < 4.78 is 14.4. The van der Waals surface area contributed by atoms with Crippen molar-refractivity contribution in [3.05, 3.63) is 72.3 Å². The summed E-state index contributed by atoms with van der Waals surface area (Å²) in [6.45, 7) is 4.35. The second kappa shape index (κ2) is 12.8. The van der Waals surface area contributed by atoms with Crippen LogP contribution in [-0.2, 0) is 33.8 Å². The number of amides is 1. The van der Waals surface area contributed by atoms with E-state index in [1.165, 1.54) is 12.7 Å². The van der Waals surface area contributed by atoms with Gasteiger partial charge in [0.1, 0.15) is 5.65 Å². The van der Waals surface area contributed by atoms with Gasteiger partial charge in [0, 0.05) is 43.5 Å². The van der Waals surface area contributed by atoms with E-state index in [1.54, 1.807) is 12.4 Å². The van der Waals surface area contributed by atoms with Crippen LogP contribution in [0.25, 0.3) is 11.0 Å². The third-order valence-electron chi connectivity index (χ3n) is 7.28. The fourth-order valence-corrected chi connectivity index (χ4v) is 5.12. The number of anilines is 2. The van der Waals surface area contributed by atoms with Crippen molar-refractivity contribution in [2.75, 3.05) is 31.0 Å². The number of aromatic nitrogens is 4. The van der Waals surface area contributed by atoms with Crippen LogP contribution in [0.4, 0.5) is 11.4 Å². The third kappa shape index (κ3) is 6.34. The van der Waals surface area contributed by atoms with E-state index in [0.717, 1.165) is 31.5 Å². The molecule has 0 unspecified atom stereocenters. The maximum Gasteiger partial charge on any atom is 0.356 e. The Kier molecular flexibility index (Phi) is 8.75. The number of methoxy groups -OCH3 is 1. The molecule has 4 aromatic rings. The zero-order valence-electron chi connectivity index (χ0n) is 23.0. The van der Waals surface area contributed by atoms with Gasteiger partial charge in [-0.25, -0.2) is 9.78 Å². The minimum atomic E-state index is -0.516. The highest BCUT2D eigenvalue weighted by Gasteiger charge is 2.30. The summed E-state index contributed by atoms with van der Waals surface area (Å²) >= 11 is 0. The zero-order chi connectivity index (χ0) is 27.9. The summed E-state index contributed by atoms with van der Waals surface area (Å²) in [6.07, 6.45) is 8.63. The molecule has 10 heteroatoms. The number of fused-ring (bicyclic) bond motifs is 1. The molecule has 2 atom stereocenters. The lowest BCUT2D eigenvalue weighted by atomic mass is 10.1. The lowest BCUT2D eigenvalue weighted by molar-refractivity contribution is -0.119. The highest BCUT2D eigenvalue weighted by atomic mass is 16.5. The van der Waals surface area contributed by atoms with Crippen LogP contribution in [0.5, 0.6) is 0 Å². The number of carbonyl (C=O) groups excluding carboxylic acids is 2. The fourth-order valence-electron chi connectivity index (χ4n) is 5.12. The average molecular weight is 545 g/mol. The van der Waals surface area contributed by atoms with Crippen LogP contribution in [0.1, 0.15) is 42.2 Å². The van der Waals surface area contributed by atoms with Crippen LogP contribution in [0, 0.1) is 5.92 Å². The van der Waals surface area contributed by atoms with E-state index in [1.807, 2.05) is 45.8 Å². The maximum absolute atomic E-state index is 13.2. The molecule has 1 saturated heterocycles. The van der Waals surface area contributed by atoms with Crippen LogP contribution in [0.2, 0.25) is 0 Å². The first-order valence-corrected chi connectivity index (χ1v) is 13.8. The Hall–Kier alpha value is -4.18. The van der Waals surface area contributed by atoms with E-state index < -0.39 is 5.97 Å². The number of carbonyl (C=O) groups is 2. The number of hydrogen-bond donors (Lipinski definition) is 2. The minimum Gasteiger partial charge on any atom is -0.464 e. The predicted octanol–water partition coefficient (Wildman–Crippen LogP) is 4.52. The van der Waals surface area contributed by atoms with Crippen molar-refractivity contribution in [3.63, 3.8) is 0 Å². The molecule has 1 amide bonds. The highest BCUT2D eigenvalue weighted by Crippen LogP contribution is 2.34. The zero-order valence-corrected chi connectivity index (χ0v) is 23.0. The Balaban J connectivity index is 1.45. The van der Waals surface area contributed by atoms with Crippen molar-refractivity contribution in [1.29, 1.82) is 0 Å². The van der Waals surface area contributed by atoms with Crippen LogP contribution >= 0.6 is 0 Å². The standard InChI is InChI=1S/C30H36N6O4/c1-21(11-16-35-14-7-13-32-35)33-24-18-25-26(34-29(37)23-12-17-40-20-23)27(30(38)39-2)36(28(25)31-19-24)15-6-10-22-8-4-3-5-9-22/h3-5,7-9,13-14,18-19,21,23,33H,6,10-12,15-17,20H2,1-2H3,(H,34,37)/t21-,23-/m1/s1.